The molecule has 0 atom stereocenters. The van der Waals surface area contributed by atoms with Crippen LogP contribution in [0.1, 0.15) is 27.5 Å². The number of aromatic nitrogens is 2. The van der Waals surface area contributed by atoms with Crippen LogP contribution in [0.4, 0.5) is 0 Å². The Morgan fingerprint density at radius 2 is 1.84 bits per heavy atom. The molecule has 0 bridgehead atoms. The van der Waals surface area contributed by atoms with E-state index in [4.69, 9.17) is 27.7 Å². The molecule has 0 aliphatic carbocycles. The van der Waals surface area contributed by atoms with Crippen LogP contribution in [0.25, 0.3) is 10.9 Å². The van der Waals surface area contributed by atoms with Gasteiger partial charge >= 0.3 is 0 Å². The molecule has 0 spiro atoms. The molecular weight excluding hydrogens is 461 g/mol. The Bertz CT molecular complexity index is 1360. The van der Waals surface area contributed by atoms with Gasteiger partial charge in [0.15, 0.2) is 10.7 Å². The summed E-state index contributed by atoms with van der Waals surface area (Å²) < 4.78 is 32.9. The number of nitrogens with zero attached hydrogens (tertiary/aromatic N) is 2. The van der Waals surface area contributed by atoms with E-state index in [0.29, 0.717) is 10.6 Å². The molecular formula is C21H17Cl2N3O4S. The van der Waals surface area contributed by atoms with Crippen LogP contribution in [0.3, 0.4) is 0 Å². The maximum absolute atomic E-state index is 13.6. The number of fused-ring (bicyclic) bond motifs is 1. The predicted octanol–water partition coefficient (Wildman–Crippen LogP) is 5.11. The number of aromatic amines is 1. The second-order valence-corrected chi connectivity index (χ2v) is 9.60. The van der Waals surface area contributed by atoms with Gasteiger partial charge < -0.3 is 9.51 Å². The topological polar surface area (TPSA) is 96.3 Å². The van der Waals surface area contributed by atoms with Gasteiger partial charge in [-0.3, -0.25) is 4.79 Å². The first kappa shape index (κ1) is 21.4. The number of aryl methyl sites for hydroxylation is 2. The Balaban J connectivity index is 1.83. The van der Waals surface area contributed by atoms with Crippen molar-refractivity contribution >= 4 is 50.0 Å². The number of benzene rings is 2. The third-order valence-corrected chi connectivity index (χ3v) is 7.53. The number of halogens is 2. The van der Waals surface area contributed by atoms with Crippen LogP contribution in [0.5, 0.6) is 0 Å². The third-order valence-electron chi connectivity index (χ3n) is 4.81. The highest BCUT2D eigenvalue weighted by Crippen LogP contribution is 2.29. The van der Waals surface area contributed by atoms with Crippen molar-refractivity contribution < 1.29 is 17.7 Å². The van der Waals surface area contributed by atoms with Crippen molar-refractivity contribution in [2.75, 3.05) is 0 Å². The van der Waals surface area contributed by atoms with E-state index in [1.54, 1.807) is 24.3 Å². The van der Waals surface area contributed by atoms with E-state index < -0.39 is 15.9 Å². The number of hydrogen-bond donors (Lipinski definition) is 1. The van der Waals surface area contributed by atoms with Crippen LogP contribution < -0.4 is 0 Å². The first-order chi connectivity index (χ1) is 14.7. The number of rotatable bonds is 5. The lowest BCUT2D eigenvalue weighted by molar-refractivity contribution is 0.0850. The predicted molar refractivity (Wildman–Crippen MR) is 118 cm³/mol. The summed E-state index contributed by atoms with van der Waals surface area (Å²) in [6, 6.07) is 13.6. The molecule has 0 unspecified atom stereocenters. The number of para-hydroxylation sites is 1. The second-order valence-electron chi connectivity index (χ2n) is 6.99. The maximum Gasteiger partial charge on any atom is 0.284 e. The fraction of sp³-hybridized carbons (Fsp3) is 0.143. The molecule has 10 heteroatoms. The molecule has 0 fully saturated rings. The molecule has 4 aromatic rings. The summed E-state index contributed by atoms with van der Waals surface area (Å²) in [6.07, 6.45) is 0. The van der Waals surface area contributed by atoms with Gasteiger partial charge in [0.2, 0.25) is 0 Å². The Hall–Kier alpha value is -2.81. The van der Waals surface area contributed by atoms with Crippen molar-refractivity contribution in [2.24, 2.45) is 0 Å². The van der Waals surface area contributed by atoms with Crippen molar-refractivity contribution in [3.8, 4) is 0 Å². The summed E-state index contributed by atoms with van der Waals surface area (Å²) in [7, 11) is -4.29. The summed E-state index contributed by atoms with van der Waals surface area (Å²) in [6.45, 7) is 2.74. The van der Waals surface area contributed by atoms with E-state index in [1.165, 1.54) is 19.9 Å². The van der Waals surface area contributed by atoms with Crippen molar-refractivity contribution in [3.05, 3.63) is 81.3 Å². The summed E-state index contributed by atoms with van der Waals surface area (Å²) in [5, 5.41) is 5.10. The largest absolute Gasteiger partial charge is 0.360 e. The third kappa shape index (κ3) is 3.94. The molecule has 1 amide bonds. The van der Waals surface area contributed by atoms with Gasteiger partial charge in [-0.05, 0) is 43.7 Å². The number of carbonyl (C=O) groups is 1. The monoisotopic (exact) mass is 477 g/mol. The zero-order valence-corrected chi connectivity index (χ0v) is 18.8. The molecule has 160 valence electrons. The van der Waals surface area contributed by atoms with Gasteiger partial charge in [0.25, 0.3) is 15.9 Å². The fourth-order valence-corrected chi connectivity index (χ4v) is 5.33. The highest BCUT2D eigenvalue weighted by atomic mass is 35.5. The summed E-state index contributed by atoms with van der Waals surface area (Å²) in [5.41, 5.74) is 1.52. The van der Waals surface area contributed by atoms with Crippen LogP contribution >= 0.6 is 23.2 Å². The molecule has 2 aromatic carbocycles. The SMILES string of the molecule is Cc1noc(C)c1S(=O)(=O)N(Cc1ccc(Cl)c(Cl)c1)C(=O)c1cc2ccccc2[nH]1. The Morgan fingerprint density at radius 1 is 1.10 bits per heavy atom. The van der Waals surface area contributed by atoms with Crippen molar-refractivity contribution in [1.29, 1.82) is 0 Å². The lowest BCUT2D eigenvalue weighted by Gasteiger charge is -2.22. The number of amides is 1. The number of nitrogens with one attached hydrogen (secondary N) is 1. The zero-order chi connectivity index (χ0) is 22.3. The van der Waals surface area contributed by atoms with Gasteiger partial charge in [-0.1, -0.05) is 52.6 Å². The number of carbonyl (C=O) groups excluding carboxylic acids is 1. The van der Waals surface area contributed by atoms with Crippen molar-refractivity contribution in [2.45, 2.75) is 25.3 Å². The quantitative estimate of drug-likeness (QED) is 0.430. The molecule has 2 aromatic heterocycles. The van der Waals surface area contributed by atoms with Crippen LogP contribution in [0.2, 0.25) is 10.0 Å². The van der Waals surface area contributed by atoms with Gasteiger partial charge in [-0.25, -0.2) is 12.7 Å². The van der Waals surface area contributed by atoms with E-state index in [-0.39, 0.29) is 33.6 Å². The molecule has 31 heavy (non-hydrogen) atoms. The lowest BCUT2D eigenvalue weighted by atomic mass is 10.2. The molecule has 7 nitrogen and oxygen atoms in total. The smallest absolute Gasteiger partial charge is 0.284 e. The molecule has 0 saturated carbocycles. The van der Waals surface area contributed by atoms with E-state index in [1.807, 2.05) is 18.2 Å². The summed E-state index contributed by atoms with van der Waals surface area (Å²) in [4.78, 5) is 16.3. The second kappa shape index (κ2) is 8.03. The van der Waals surface area contributed by atoms with Gasteiger partial charge in [0.05, 0.1) is 16.6 Å². The van der Waals surface area contributed by atoms with Gasteiger partial charge in [0.1, 0.15) is 11.4 Å². The average molecular weight is 478 g/mol. The molecule has 2 heterocycles. The van der Waals surface area contributed by atoms with Crippen LogP contribution in [0, 0.1) is 13.8 Å². The van der Waals surface area contributed by atoms with Gasteiger partial charge in [-0.2, -0.15) is 0 Å². The molecule has 0 aliphatic rings. The van der Waals surface area contributed by atoms with E-state index in [9.17, 15) is 13.2 Å². The minimum absolute atomic E-state index is 0.0982. The molecule has 0 radical (unpaired) electrons. The standard InChI is InChI=1S/C21H17Cl2N3O4S/c1-12-20(13(2)30-25-12)31(28,29)26(11-14-7-8-16(22)17(23)9-14)21(27)19-10-15-5-3-4-6-18(15)24-19/h3-10,24H,11H2,1-2H3. The van der Waals surface area contributed by atoms with Crippen LogP contribution in [0.15, 0.2) is 57.9 Å². The average Bonchev–Trinajstić information content (AvgIpc) is 3.31. The maximum atomic E-state index is 13.6. The van der Waals surface area contributed by atoms with Gasteiger partial charge in [0, 0.05) is 10.9 Å². The minimum atomic E-state index is -4.29. The summed E-state index contributed by atoms with van der Waals surface area (Å²) >= 11 is 12.1. The first-order valence-corrected chi connectivity index (χ1v) is 11.4. The first-order valence-electron chi connectivity index (χ1n) is 9.20. The normalized spacial score (nSPS) is 11.7. The van der Waals surface area contributed by atoms with Crippen molar-refractivity contribution in [3.63, 3.8) is 0 Å². The minimum Gasteiger partial charge on any atom is -0.360 e. The number of sulfonamides is 1. The van der Waals surface area contributed by atoms with Crippen LogP contribution in [-0.4, -0.2) is 28.8 Å². The molecule has 1 N–H and O–H groups in total. The highest BCUT2D eigenvalue weighted by molar-refractivity contribution is 7.89. The molecule has 0 saturated heterocycles. The Morgan fingerprint density at radius 3 is 2.48 bits per heavy atom. The molecule has 0 aliphatic heterocycles. The van der Waals surface area contributed by atoms with E-state index in [0.717, 1.165) is 15.2 Å². The van der Waals surface area contributed by atoms with Gasteiger partial charge in [-0.15, -0.1) is 0 Å². The molecule has 4 rings (SSSR count). The summed E-state index contributed by atoms with van der Waals surface area (Å²) in [5.74, 6) is -0.622. The number of hydrogen-bond acceptors (Lipinski definition) is 5. The highest BCUT2D eigenvalue weighted by Gasteiger charge is 2.35. The van der Waals surface area contributed by atoms with Crippen LogP contribution in [-0.2, 0) is 16.6 Å². The lowest BCUT2D eigenvalue weighted by Crippen LogP contribution is -2.37. The fourth-order valence-electron chi connectivity index (χ4n) is 3.35. The Labute approximate surface area is 188 Å². The Kier molecular flexibility index (Phi) is 5.55. The van der Waals surface area contributed by atoms with E-state index >= 15 is 0 Å². The zero-order valence-electron chi connectivity index (χ0n) is 16.5. The van der Waals surface area contributed by atoms with E-state index in [2.05, 4.69) is 10.1 Å². The van der Waals surface area contributed by atoms with Crippen molar-refractivity contribution in [1.82, 2.24) is 14.4 Å². The number of H-pyrrole nitrogens is 1.